The van der Waals surface area contributed by atoms with E-state index in [1.807, 2.05) is 24.3 Å². The van der Waals surface area contributed by atoms with Crippen molar-refractivity contribution < 1.29 is 9.18 Å². The fraction of sp³-hybridized carbons (Fsp3) is 0.143. The first-order valence-electron chi connectivity index (χ1n) is 7.92. The van der Waals surface area contributed by atoms with Crippen molar-refractivity contribution in [3.05, 3.63) is 71.7 Å². The summed E-state index contributed by atoms with van der Waals surface area (Å²) in [6, 6.07) is 14.3. The standard InChI is InChI=1S/C21H18FNO/c1-14(2)21-18(7-5-13-24)20(15-9-11-16(22)12-10-15)17-6-3-4-8-19(17)23-21/h3-14H,1-2H3/b7-5+. The van der Waals surface area contributed by atoms with E-state index in [0.29, 0.717) is 0 Å². The zero-order valence-electron chi connectivity index (χ0n) is 13.7. The summed E-state index contributed by atoms with van der Waals surface area (Å²) < 4.78 is 13.4. The van der Waals surface area contributed by atoms with Crippen LogP contribution in [0.15, 0.2) is 54.6 Å². The number of halogens is 1. The Labute approximate surface area is 140 Å². The molecule has 0 bridgehead atoms. The van der Waals surface area contributed by atoms with E-state index in [0.717, 1.165) is 39.6 Å². The Balaban J connectivity index is 2.43. The number of nitrogens with zero attached hydrogens (tertiary/aromatic N) is 1. The highest BCUT2D eigenvalue weighted by Crippen LogP contribution is 2.36. The lowest BCUT2D eigenvalue weighted by atomic mass is 9.90. The maximum Gasteiger partial charge on any atom is 0.142 e. The first kappa shape index (κ1) is 16.1. The van der Waals surface area contributed by atoms with Gasteiger partial charge in [0.15, 0.2) is 0 Å². The second kappa shape index (κ2) is 6.75. The van der Waals surface area contributed by atoms with E-state index in [1.54, 1.807) is 18.2 Å². The fourth-order valence-corrected chi connectivity index (χ4v) is 2.92. The van der Waals surface area contributed by atoms with E-state index < -0.39 is 0 Å². The number of aromatic nitrogens is 1. The molecule has 3 aromatic rings. The van der Waals surface area contributed by atoms with Gasteiger partial charge in [-0.2, -0.15) is 0 Å². The fourth-order valence-electron chi connectivity index (χ4n) is 2.92. The van der Waals surface area contributed by atoms with Crippen LogP contribution in [0.1, 0.15) is 31.0 Å². The molecule has 0 aliphatic rings. The Morgan fingerprint density at radius 3 is 2.42 bits per heavy atom. The third kappa shape index (κ3) is 2.98. The molecule has 1 heterocycles. The molecule has 0 unspecified atom stereocenters. The van der Waals surface area contributed by atoms with Gasteiger partial charge in [0, 0.05) is 16.5 Å². The van der Waals surface area contributed by atoms with E-state index in [1.165, 1.54) is 18.2 Å². The molecule has 2 aromatic carbocycles. The summed E-state index contributed by atoms with van der Waals surface area (Å²) in [4.78, 5) is 15.6. The van der Waals surface area contributed by atoms with Crippen molar-refractivity contribution in [1.29, 1.82) is 0 Å². The Morgan fingerprint density at radius 1 is 1.04 bits per heavy atom. The number of hydrogen-bond donors (Lipinski definition) is 0. The van der Waals surface area contributed by atoms with Crippen molar-refractivity contribution in [2.24, 2.45) is 0 Å². The van der Waals surface area contributed by atoms with Gasteiger partial charge in [-0.1, -0.05) is 44.2 Å². The number of aldehydes is 1. The quantitative estimate of drug-likeness (QED) is 0.477. The molecule has 3 rings (SSSR count). The molecule has 0 atom stereocenters. The molecule has 1 aromatic heterocycles. The van der Waals surface area contributed by atoms with Gasteiger partial charge < -0.3 is 0 Å². The summed E-state index contributed by atoms with van der Waals surface area (Å²) in [5.74, 6) is -0.0775. The van der Waals surface area contributed by atoms with E-state index in [2.05, 4.69) is 13.8 Å². The van der Waals surface area contributed by atoms with Crippen LogP contribution in [0.2, 0.25) is 0 Å². The third-order valence-electron chi connectivity index (χ3n) is 3.98. The monoisotopic (exact) mass is 319 g/mol. The molecule has 0 fully saturated rings. The Morgan fingerprint density at radius 2 is 1.75 bits per heavy atom. The minimum atomic E-state index is -0.272. The van der Waals surface area contributed by atoms with Gasteiger partial charge in [0.1, 0.15) is 12.1 Å². The summed E-state index contributed by atoms with van der Waals surface area (Å²) in [7, 11) is 0. The second-order valence-corrected chi connectivity index (χ2v) is 5.96. The van der Waals surface area contributed by atoms with Crippen molar-refractivity contribution in [2.45, 2.75) is 19.8 Å². The van der Waals surface area contributed by atoms with E-state index in [-0.39, 0.29) is 11.7 Å². The van der Waals surface area contributed by atoms with Crippen LogP contribution in [0, 0.1) is 5.82 Å². The summed E-state index contributed by atoms with van der Waals surface area (Å²) >= 11 is 0. The van der Waals surface area contributed by atoms with Gasteiger partial charge in [-0.05, 0) is 41.8 Å². The summed E-state index contributed by atoms with van der Waals surface area (Å²) in [6.45, 7) is 4.15. The molecule has 3 heteroatoms. The van der Waals surface area contributed by atoms with Crippen molar-refractivity contribution in [3.8, 4) is 11.1 Å². The van der Waals surface area contributed by atoms with Crippen LogP contribution >= 0.6 is 0 Å². The number of para-hydroxylation sites is 1. The molecule has 2 nitrogen and oxygen atoms in total. The smallest absolute Gasteiger partial charge is 0.142 e. The average Bonchev–Trinajstić information content (AvgIpc) is 2.59. The molecule has 0 N–H and O–H groups in total. The molecule has 0 radical (unpaired) electrons. The summed E-state index contributed by atoms with van der Waals surface area (Å²) in [5, 5.41) is 0.985. The van der Waals surface area contributed by atoms with Crippen LogP contribution in [0.4, 0.5) is 4.39 Å². The van der Waals surface area contributed by atoms with Crippen molar-refractivity contribution in [3.63, 3.8) is 0 Å². The maximum absolute atomic E-state index is 13.4. The molecule has 24 heavy (non-hydrogen) atoms. The van der Waals surface area contributed by atoms with E-state index in [9.17, 15) is 9.18 Å². The van der Waals surface area contributed by atoms with Crippen LogP contribution in [0.5, 0.6) is 0 Å². The van der Waals surface area contributed by atoms with Gasteiger partial charge in [0.2, 0.25) is 0 Å². The molecule has 0 amide bonds. The predicted octanol–water partition coefficient (Wildman–Crippen LogP) is 5.38. The van der Waals surface area contributed by atoms with Gasteiger partial charge in [-0.25, -0.2) is 4.39 Å². The largest absolute Gasteiger partial charge is 0.299 e. The number of rotatable bonds is 4. The first-order valence-corrected chi connectivity index (χ1v) is 7.92. The van der Waals surface area contributed by atoms with Gasteiger partial charge in [-0.3, -0.25) is 9.78 Å². The third-order valence-corrected chi connectivity index (χ3v) is 3.98. The number of hydrogen-bond acceptors (Lipinski definition) is 2. The summed E-state index contributed by atoms with van der Waals surface area (Å²) in [5.41, 5.74) is 4.60. The zero-order chi connectivity index (χ0) is 17.1. The molecule has 0 saturated carbocycles. The zero-order valence-corrected chi connectivity index (χ0v) is 13.7. The highest BCUT2D eigenvalue weighted by molar-refractivity contribution is 6.00. The average molecular weight is 319 g/mol. The molecule has 0 spiro atoms. The normalized spacial score (nSPS) is 11.5. The summed E-state index contributed by atoms with van der Waals surface area (Å²) in [6.07, 6.45) is 4.03. The second-order valence-electron chi connectivity index (χ2n) is 5.96. The Hall–Kier alpha value is -2.81. The predicted molar refractivity (Wildman–Crippen MR) is 96.3 cm³/mol. The van der Waals surface area contributed by atoms with Crippen molar-refractivity contribution in [2.75, 3.05) is 0 Å². The molecule has 120 valence electrons. The number of fused-ring (bicyclic) bond motifs is 1. The maximum atomic E-state index is 13.4. The van der Waals surface area contributed by atoms with E-state index >= 15 is 0 Å². The number of pyridine rings is 1. The number of carbonyl (C=O) groups excluding carboxylic acids is 1. The van der Waals surface area contributed by atoms with Crippen LogP contribution in [-0.4, -0.2) is 11.3 Å². The van der Waals surface area contributed by atoms with Crippen LogP contribution in [-0.2, 0) is 4.79 Å². The molecule has 0 aliphatic carbocycles. The number of benzene rings is 2. The lowest BCUT2D eigenvalue weighted by Gasteiger charge is -2.17. The van der Waals surface area contributed by atoms with Crippen molar-refractivity contribution >= 4 is 23.3 Å². The van der Waals surface area contributed by atoms with E-state index in [4.69, 9.17) is 4.98 Å². The van der Waals surface area contributed by atoms with Gasteiger partial charge >= 0.3 is 0 Å². The minimum Gasteiger partial charge on any atom is -0.299 e. The minimum absolute atomic E-state index is 0.195. The van der Waals surface area contributed by atoms with Gasteiger partial charge in [0.25, 0.3) is 0 Å². The Bertz CT molecular complexity index is 911. The Kier molecular flexibility index (Phi) is 4.52. The van der Waals surface area contributed by atoms with Crippen LogP contribution in [0.3, 0.4) is 0 Å². The van der Waals surface area contributed by atoms with Crippen molar-refractivity contribution in [1.82, 2.24) is 4.98 Å². The topological polar surface area (TPSA) is 30.0 Å². The van der Waals surface area contributed by atoms with Crippen LogP contribution in [0.25, 0.3) is 28.1 Å². The molecule has 0 aliphatic heterocycles. The lowest BCUT2D eigenvalue weighted by molar-refractivity contribution is -0.104. The molecular weight excluding hydrogens is 301 g/mol. The number of carbonyl (C=O) groups is 1. The van der Waals surface area contributed by atoms with Crippen LogP contribution < -0.4 is 0 Å². The number of allylic oxidation sites excluding steroid dienone is 1. The molecule has 0 saturated heterocycles. The highest BCUT2D eigenvalue weighted by Gasteiger charge is 2.16. The highest BCUT2D eigenvalue weighted by atomic mass is 19.1. The van der Waals surface area contributed by atoms with Gasteiger partial charge in [-0.15, -0.1) is 0 Å². The first-order chi connectivity index (χ1) is 11.6. The molecular formula is C21H18FNO. The lowest BCUT2D eigenvalue weighted by Crippen LogP contribution is -2.01. The van der Waals surface area contributed by atoms with Gasteiger partial charge in [0.05, 0.1) is 11.2 Å². The SMILES string of the molecule is CC(C)c1nc2ccccc2c(-c2ccc(F)cc2)c1/C=C/C=O.